The average molecular weight is 311 g/mol. The van der Waals surface area contributed by atoms with Crippen molar-refractivity contribution in [1.82, 2.24) is 4.90 Å². The fraction of sp³-hybridized carbons (Fsp3) is 0.500. The van der Waals surface area contributed by atoms with Gasteiger partial charge in [0.05, 0.1) is 6.54 Å². The first-order chi connectivity index (χ1) is 11.1. The Labute approximate surface area is 136 Å². The van der Waals surface area contributed by atoms with Crippen LogP contribution < -0.4 is 4.74 Å². The van der Waals surface area contributed by atoms with Crippen LogP contribution in [-0.2, 0) is 4.79 Å². The van der Waals surface area contributed by atoms with E-state index in [0.29, 0.717) is 24.3 Å². The van der Waals surface area contributed by atoms with Crippen molar-refractivity contribution in [3.63, 3.8) is 0 Å². The molecular formula is C18H21N3O2. The Hall–Kier alpha value is -2.01. The smallest absolute Gasteiger partial charge is 0.294 e. The van der Waals surface area contributed by atoms with Crippen LogP contribution in [0, 0.1) is 5.92 Å². The van der Waals surface area contributed by atoms with E-state index >= 15 is 0 Å². The summed E-state index contributed by atoms with van der Waals surface area (Å²) >= 11 is 0. The summed E-state index contributed by atoms with van der Waals surface area (Å²) in [6.07, 6.45) is 1.76. The van der Waals surface area contributed by atoms with Crippen LogP contribution in [-0.4, -0.2) is 47.6 Å². The predicted molar refractivity (Wildman–Crippen MR) is 89.3 cm³/mol. The molecule has 0 aromatic heterocycles. The molecule has 0 aliphatic carbocycles. The monoisotopic (exact) mass is 311 g/mol. The van der Waals surface area contributed by atoms with Gasteiger partial charge in [0.1, 0.15) is 17.3 Å². The normalized spacial score (nSPS) is 26.7. The molecule has 3 aliphatic heterocycles. The number of para-hydroxylation sites is 1. The molecule has 1 saturated heterocycles. The Kier molecular flexibility index (Phi) is 3.53. The van der Waals surface area contributed by atoms with Crippen LogP contribution in [0.15, 0.2) is 34.3 Å². The number of fused-ring (bicyclic) bond motifs is 3. The Morgan fingerprint density at radius 2 is 2.13 bits per heavy atom. The Balaban J connectivity index is 1.60. The van der Waals surface area contributed by atoms with Gasteiger partial charge in [-0.05, 0) is 37.4 Å². The lowest BCUT2D eigenvalue weighted by Gasteiger charge is -2.27. The van der Waals surface area contributed by atoms with Gasteiger partial charge < -0.3 is 4.74 Å². The number of nitrogens with zero attached hydrogens (tertiary/aromatic N) is 3. The number of rotatable bonds is 3. The zero-order valence-corrected chi connectivity index (χ0v) is 13.5. The van der Waals surface area contributed by atoms with Crippen LogP contribution in [0.1, 0.15) is 32.3 Å². The second-order valence-electron chi connectivity index (χ2n) is 6.78. The second-order valence-corrected chi connectivity index (χ2v) is 6.78. The van der Waals surface area contributed by atoms with Gasteiger partial charge in [0.25, 0.3) is 5.91 Å². The summed E-state index contributed by atoms with van der Waals surface area (Å²) in [5.74, 6) is 1.71. The van der Waals surface area contributed by atoms with E-state index in [1.807, 2.05) is 24.3 Å². The van der Waals surface area contributed by atoms with Gasteiger partial charge in [-0.2, -0.15) is 4.99 Å². The number of likely N-dealkylation sites (tertiary alicyclic amines) is 1. The highest BCUT2D eigenvalue weighted by Gasteiger charge is 2.39. The van der Waals surface area contributed by atoms with Gasteiger partial charge in [-0.1, -0.05) is 26.0 Å². The molecule has 3 aliphatic rings. The van der Waals surface area contributed by atoms with E-state index in [-0.39, 0.29) is 5.91 Å². The van der Waals surface area contributed by atoms with Crippen LogP contribution in [0.5, 0.6) is 5.75 Å². The summed E-state index contributed by atoms with van der Waals surface area (Å²) in [4.78, 5) is 23.6. The quantitative estimate of drug-likeness (QED) is 0.860. The van der Waals surface area contributed by atoms with Crippen LogP contribution >= 0.6 is 0 Å². The molecule has 1 fully saturated rings. The van der Waals surface area contributed by atoms with Gasteiger partial charge in [0, 0.05) is 11.6 Å². The molecule has 0 bridgehead atoms. The lowest BCUT2D eigenvalue weighted by molar-refractivity contribution is -0.121. The molecule has 23 heavy (non-hydrogen) atoms. The van der Waals surface area contributed by atoms with Crippen molar-refractivity contribution in [2.45, 2.75) is 38.8 Å². The Morgan fingerprint density at radius 1 is 1.30 bits per heavy atom. The molecule has 2 unspecified atom stereocenters. The number of aliphatic imine (C=N–C) groups is 2. The minimum Gasteiger partial charge on any atom is -0.473 e. The van der Waals surface area contributed by atoms with Gasteiger partial charge in [-0.25, -0.2) is 4.99 Å². The fourth-order valence-corrected chi connectivity index (χ4v) is 3.80. The Bertz CT molecular complexity index is 708. The highest BCUT2D eigenvalue weighted by atomic mass is 16.5. The zero-order chi connectivity index (χ0) is 16.0. The number of hydrogen-bond acceptors (Lipinski definition) is 4. The largest absolute Gasteiger partial charge is 0.473 e. The molecule has 1 amide bonds. The second kappa shape index (κ2) is 5.57. The van der Waals surface area contributed by atoms with Crippen molar-refractivity contribution in [2.75, 3.05) is 13.1 Å². The molecule has 4 rings (SSSR count). The van der Waals surface area contributed by atoms with Crippen molar-refractivity contribution < 1.29 is 9.53 Å². The molecule has 0 N–H and O–H groups in total. The SMILES string of the molecule is CC(C)C1CCCN1CC1=NC(=O)C2Oc3ccccc3C2=N1. The van der Waals surface area contributed by atoms with E-state index in [4.69, 9.17) is 4.74 Å². The van der Waals surface area contributed by atoms with Crippen molar-refractivity contribution in [3.8, 4) is 5.75 Å². The fourth-order valence-electron chi connectivity index (χ4n) is 3.80. The average Bonchev–Trinajstić information content (AvgIpc) is 3.12. The summed E-state index contributed by atoms with van der Waals surface area (Å²) < 4.78 is 5.70. The van der Waals surface area contributed by atoms with Crippen molar-refractivity contribution >= 4 is 17.5 Å². The third-order valence-corrected chi connectivity index (χ3v) is 4.90. The highest BCUT2D eigenvalue weighted by molar-refractivity contribution is 6.26. The number of amides is 1. The van der Waals surface area contributed by atoms with Gasteiger partial charge in [0.15, 0.2) is 0 Å². The zero-order valence-electron chi connectivity index (χ0n) is 13.5. The van der Waals surface area contributed by atoms with E-state index in [2.05, 4.69) is 28.7 Å². The van der Waals surface area contributed by atoms with Gasteiger partial charge in [-0.15, -0.1) is 0 Å². The van der Waals surface area contributed by atoms with E-state index < -0.39 is 6.10 Å². The molecule has 1 aromatic rings. The molecule has 0 radical (unpaired) electrons. The van der Waals surface area contributed by atoms with E-state index in [1.165, 1.54) is 12.8 Å². The van der Waals surface area contributed by atoms with Crippen LogP contribution in [0.25, 0.3) is 0 Å². The first-order valence-corrected chi connectivity index (χ1v) is 8.33. The van der Waals surface area contributed by atoms with E-state index in [9.17, 15) is 4.79 Å². The van der Waals surface area contributed by atoms with Crippen LogP contribution in [0.2, 0.25) is 0 Å². The summed E-state index contributed by atoms with van der Waals surface area (Å²) in [6.45, 7) is 6.20. The van der Waals surface area contributed by atoms with Crippen LogP contribution in [0.3, 0.4) is 0 Å². The minimum absolute atomic E-state index is 0.235. The van der Waals surface area contributed by atoms with Gasteiger partial charge >= 0.3 is 0 Å². The van der Waals surface area contributed by atoms with Crippen LogP contribution in [0.4, 0.5) is 0 Å². The van der Waals surface area contributed by atoms with Crippen molar-refractivity contribution in [2.24, 2.45) is 15.9 Å². The molecule has 2 atom stereocenters. The maximum Gasteiger partial charge on any atom is 0.294 e. The molecular weight excluding hydrogens is 290 g/mol. The number of benzene rings is 1. The maximum absolute atomic E-state index is 12.3. The summed E-state index contributed by atoms with van der Waals surface area (Å²) in [7, 11) is 0. The Morgan fingerprint density at radius 3 is 2.96 bits per heavy atom. The summed E-state index contributed by atoms with van der Waals surface area (Å²) in [5, 5.41) is 0. The van der Waals surface area contributed by atoms with E-state index in [1.54, 1.807) is 0 Å². The molecule has 5 nitrogen and oxygen atoms in total. The molecule has 3 heterocycles. The molecule has 0 spiro atoms. The summed E-state index contributed by atoms with van der Waals surface area (Å²) in [6, 6.07) is 8.23. The first kappa shape index (κ1) is 14.6. The maximum atomic E-state index is 12.3. The number of ether oxygens (including phenoxy) is 1. The van der Waals surface area contributed by atoms with E-state index in [0.717, 1.165) is 23.6 Å². The van der Waals surface area contributed by atoms with Crippen molar-refractivity contribution in [3.05, 3.63) is 29.8 Å². The first-order valence-electron chi connectivity index (χ1n) is 8.33. The lowest BCUT2D eigenvalue weighted by Crippen LogP contribution is -2.41. The lowest BCUT2D eigenvalue weighted by atomic mass is 10.0. The van der Waals surface area contributed by atoms with Gasteiger partial charge in [-0.3, -0.25) is 9.69 Å². The molecule has 0 saturated carbocycles. The number of carbonyl (C=O) groups is 1. The highest BCUT2D eigenvalue weighted by Crippen LogP contribution is 2.31. The third kappa shape index (κ3) is 2.49. The standard InChI is InChI=1S/C18H21N3O2/c1-11(2)13-7-5-9-21(13)10-15-19-16-12-6-3-4-8-14(12)23-17(16)18(22)20-15/h3-4,6,8,11,13,17H,5,7,9-10H2,1-2H3. The number of carbonyl (C=O) groups excluding carboxylic acids is 1. The van der Waals surface area contributed by atoms with Gasteiger partial charge in [0.2, 0.25) is 6.10 Å². The third-order valence-electron chi connectivity index (χ3n) is 4.90. The minimum atomic E-state index is -0.657. The summed E-state index contributed by atoms with van der Waals surface area (Å²) in [5.41, 5.74) is 1.64. The van der Waals surface area contributed by atoms with Crippen molar-refractivity contribution in [1.29, 1.82) is 0 Å². The number of amidine groups is 1. The topological polar surface area (TPSA) is 54.3 Å². The number of hydrogen-bond donors (Lipinski definition) is 0. The predicted octanol–water partition coefficient (Wildman–Crippen LogP) is 2.30. The molecule has 120 valence electrons. The molecule has 5 heteroatoms. The molecule has 1 aromatic carbocycles.